The molecule has 0 amide bonds. The van der Waals surface area contributed by atoms with Crippen LogP contribution >= 0.6 is 15.9 Å². The molecule has 1 aromatic rings. The average molecular weight is 343 g/mol. The number of benzene rings is 1. The van der Waals surface area contributed by atoms with E-state index in [0.717, 1.165) is 5.56 Å². The molecule has 1 fully saturated rings. The molecule has 1 heterocycles. The van der Waals surface area contributed by atoms with Gasteiger partial charge in [-0.05, 0) is 27.4 Å². The number of carbonyl (C=O) groups is 1. The fourth-order valence-electron chi connectivity index (χ4n) is 2.33. The van der Waals surface area contributed by atoms with Crippen LogP contribution in [0.5, 0.6) is 0 Å². The van der Waals surface area contributed by atoms with Crippen LogP contribution in [0.4, 0.5) is 5.69 Å². The van der Waals surface area contributed by atoms with E-state index >= 15 is 0 Å². The van der Waals surface area contributed by atoms with Crippen molar-refractivity contribution in [2.75, 3.05) is 13.1 Å². The van der Waals surface area contributed by atoms with Gasteiger partial charge in [0.25, 0.3) is 5.69 Å². The Balaban J connectivity index is 1.98. The van der Waals surface area contributed by atoms with Gasteiger partial charge in [-0.2, -0.15) is 0 Å². The van der Waals surface area contributed by atoms with Crippen molar-refractivity contribution in [3.05, 3.63) is 38.3 Å². The third-order valence-electron chi connectivity index (χ3n) is 3.73. The summed E-state index contributed by atoms with van der Waals surface area (Å²) in [5.74, 6) is -0.962. The Labute approximate surface area is 124 Å². The zero-order valence-corrected chi connectivity index (χ0v) is 12.5. The molecular weight excluding hydrogens is 328 g/mol. The second kappa shape index (κ2) is 5.88. The third kappa shape index (κ3) is 2.99. The first kappa shape index (κ1) is 14.9. The third-order valence-corrected chi connectivity index (χ3v) is 4.65. The van der Waals surface area contributed by atoms with Gasteiger partial charge in [0, 0.05) is 25.7 Å². The lowest BCUT2D eigenvalue weighted by molar-refractivity contribution is -0.385. The van der Waals surface area contributed by atoms with E-state index in [0.29, 0.717) is 24.1 Å². The molecule has 20 heavy (non-hydrogen) atoms. The quantitative estimate of drug-likeness (QED) is 0.656. The minimum atomic E-state index is -0.772. The number of carboxylic acid groups (broad SMARTS) is 1. The molecule has 1 aromatic carbocycles. The van der Waals surface area contributed by atoms with Crippen LogP contribution in [-0.4, -0.2) is 34.0 Å². The van der Waals surface area contributed by atoms with Crippen LogP contribution in [0.2, 0.25) is 0 Å². The number of aliphatic carboxylic acids is 1. The molecule has 1 aliphatic heterocycles. The van der Waals surface area contributed by atoms with Crippen molar-refractivity contribution < 1.29 is 14.8 Å². The number of halogens is 1. The first-order valence-electron chi connectivity index (χ1n) is 6.27. The summed E-state index contributed by atoms with van der Waals surface area (Å²) in [5.41, 5.74) is 0.902. The molecule has 2 rings (SSSR count). The van der Waals surface area contributed by atoms with Crippen LogP contribution in [-0.2, 0) is 11.3 Å². The molecular formula is C13H15BrN2O4. The maximum absolute atomic E-state index is 10.9. The van der Waals surface area contributed by atoms with Crippen LogP contribution in [0.15, 0.2) is 22.7 Å². The van der Waals surface area contributed by atoms with E-state index in [1.807, 2.05) is 6.07 Å². The minimum Gasteiger partial charge on any atom is -0.481 e. The molecule has 0 spiro atoms. The van der Waals surface area contributed by atoms with Crippen molar-refractivity contribution in [1.29, 1.82) is 0 Å². The Morgan fingerprint density at radius 3 is 2.80 bits per heavy atom. The molecule has 0 aliphatic carbocycles. The molecule has 1 N–H and O–H groups in total. The highest BCUT2D eigenvalue weighted by atomic mass is 79.9. The van der Waals surface area contributed by atoms with E-state index in [9.17, 15) is 14.9 Å². The number of hydrogen-bond acceptors (Lipinski definition) is 4. The average Bonchev–Trinajstić information content (AvgIpc) is 2.33. The summed E-state index contributed by atoms with van der Waals surface area (Å²) >= 11 is 3.27. The van der Waals surface area contributed by atoms with Crippen LogP contribution in [0.3, 0.4) is 0 Å². The highest BCUT2D eigenvalue weighted by molar-refractivity contribution is 9.10. The second-order valence-corrected chi connectivity index (χ2v) is 5.88. The lowest BCUT2D eigenvalue weighted by atomic mass is 9.87. The standard InChI is InChI=1S/C13H15BrN2O4/c1-8(13(17)18)10-6-15(7-10)5-9-3-2-4-11(12(9)14)16(19)20/h2-4,8,10H,5-7H2,1H3,(H,17,18). The summed E-state index contributed by atoms with van der Waals surface area (Å²) in [4.78, 5) is 23.4. The van der Waals surface area contributed by atoms with E-state index in [1.165, 1.54) is 6.07 Å². The van der Waals surface area contributed by atoms with E-state index in [2.05, 4.69) is 20.8 Å². The number of nitro groups is 1. The molecule has 0 aromatic heterocycles. The summed E-state index contributed by atoms with van der Waals surface area (Å²) in [6, 6.07) is 4.96. The van der Waals surface area contributed by atoms with E-state index in [4.69, 9.17) is 5.11 Å². The smallest absolute Gasteiger partial charge is 0.306 e. The summed E-state index contributed by atoms with van der Waals surface area (Å²) in [7, 11) is 0. The van der Waals surface area contributed by atoms with E-state index in [1.54, 1.807) is 13.0 Å². The lowest BCUT2D eigenvalue weighted by Gasteiger charge is -2.41. The van der Waals surface area contributed by atoms with Crippen molar-refractivity contribution in [1.82, 2.24) is 4.90 Å². The summed E-state index contributed by atoms with van der Waals surface area (Å²) in [6.07, 6.45) is 0. The predicted molar refractivity (Wildman–Crippen MR) is 76.4 cm³/mol. The Bertz CT molecular complexity index is 543. The van der Waals surface area contributed by atoms with Gasteiger partial charge in [0.1, 0.15) is 0 Å². The van der Waals surface area contributed by atoms with Crippen LogP contribution < -0.4 is 0 Å². The maximum atomic E-state index is 10.9. The Hall–Kier alpha value is -1.47. The fraction of sp³-hybridized carbons (Fsp3) is 0.462. The van der Waals surface area contributed by atoms with Gasteiger partial charge in [-0.1, -0.05) is 19.1 Å². The molecule has 7 heteroatoms. The zero-order chi connectivity index (χ0) is 14.9. The second-order valence-electron chi connectivity index (χ2n) is 5.09. The van der Waals surface area contributed by atoms with Crippen LogP contribution in [0.1, 0.15) is 12.5 Å². The van der Waals surface area contributed by atoms with Gasteiger partial charge in [-0.3, -0.25) is 19.8 Å². The molecule has 0 bridgehead atoms. The lowest BCUT2D eigenvalue weighted by Crippen LogP contribution is -2.50. The van der Waals surface area contributed by atoms with Gasteiger partial charge < -0.3 is 5.11 Å². The predicted octanol–water partition coefficient (Wildman–Crippen LogP) is 2.51. The first-order chi connectivity index (χ1) is 9.40. The SMILES string of the molecule is CC(C(=O)O)C1CN(Cc2cccc([N+](=O)[O-])c2Br)C1. The van der Waals surface area contributed by atoms with Gasteiger partial charge in [0.2, 0.25) is 0 Å². The Morgan fingerprint density at radius 1 is 1.60 bits per heavy atom. The van der Waals surface area contributed by atoms with Gasteiger partial charge in [0.15, 0.2) is 0 Å². The topological polar surface area (TPSA) is 83.7 Å². The highest BCUT2D eigenvalue weighted by Gasteiger charge is 2.34. The number of nitrogens with zero attached hydrogens (tertiary/aromatic N) is 2. The van der Waals surface area contributed by atoms with Gasteiger partial charge in [-0.15, -0.1) is 0 Å². The van der Waals surface area contributed by atoms with Crippen LogP contribution in [0.25, 0.3) is 0 Å². The van der Waals surface area contributed by atoms with Crippen molar-refractivity contribution in [2.45, 2.75) is 13.5 Å². The summed E-state index contributed by atoms with van der Waals surface area (Å²) in [5, 5.41) is 19.8. The molecule has 1 saturated heterocycles. The van der Waals surface area contributed by atoms with Crippen molar-refractivity contribution >= 4 is 27.6 Å². The Kier molecular flexibility index (Phi) is 4.39. The molecule has 6 nitrogen and oxygen atoms in total. The van der Waals surface area contributed by atoms with Crippen LogP contribution in [0, 0.1) is 22.0 Å². The van der Waals surface area contributed by atoms with Gasteiger partial charge in [-0.25, -0.2) is 0 Å². The number of likely N-dealkylation sites (tertiary alicyclic amines) is 1. The monoisotopic (exact) mass is 342 g/mol. The number of nitro benzene ring substituents is 1. The van der Waals surface area contributed by atoms with E-state index < -0.39 is 10.9 Å². The number of rotatable bonds is 5. The first-order valence-corrected chi connectivity index (χ1v) is 7.06. The number of carboxylic acids is 1. The van der Waals surface area contributed by atoms with Gasteiger partial charge >= 0.3 is 5.97 Å². The van der Waals surface area contributed by atoms with E-state index in [-0.39, 0.29) is 17.5 Å². The molecule has 1 unspecified atom stereocenters. The molecule has 108 valence electrons. The molecule has 0 saturated carbocycles. The summed E-state index contributed by atoms with van der Waals surface area (Å²) in [6.45, 7) is 3.73. The zero-order valence-electron chi connectivity index (χ0n) is 11.0. The van der Waals surface area contributed by atoms with Crippen molar-refractivity contribution in [3.8, 4) is 0 Å². The maximum Gasteiger partial charge on any atom is 0.306 e. The van der Waals surface area contributed by atoms with Crippen molar-refractivity contribution in [3.63, 3.8) is 0 Å². The number of hydrogen-bond donors (Lipinski definition) is 1. The summed E-state index contributed by atoms with van der Waals surface area (Å²) < 4.78 is 0.500. The minimum absolute atomic E-state index is 0.0541. The Morgan fingerprint density at radius 2 is 2.25 bits per heavy atom. The highest BCUT2D eigenvalue weighted by Crippen LogP contribution is 2.32. The molecule has 1 aliphatic rings. The fourth-order valence-corrected chi connectivity index (χ4v) is 2.86. The normalized spacial score (nSPS) is 17.5. The molecule has 1 atom stereocenters. The van der Waals surface area contributed by atoms with Gasteiger partial charge in [0.05, 0.1) is 15.3 Å². The molecule has 0 radical (unpaired) electrons. The van der Waals surface area contributed by atoms with Crippen molar-refractivity contribution in [2.24, 2.45) is 11.8 Å². The largest absolute Gasteiger partial charge is 0.481 e.